The molecule has 0 radical (unpaired) electrons. The standard InChI is InChI=1S/C13H16FNO3/c14-12-2-1-10(7-11(12)13(16)17)15-8-9-3-5-18-6-4-9/h1-2,7,9,15H,3-6,8H2,(H,16,17). The van der Waals surface area contributed by atoms with Gasteiger partial charge in [0, 0.05) is 25.4 Å². The highest BCUT2D eigenvalue weighted by Crippen LogP contribution is 2.18. The minimum absolute atomic E-state index is 0.299. The first kappa shape index (κ1) is 12.8. The first-order chi connectivity index (χ1) is 8.66. The second kappa shape index (κ2) is 5.82. The molecule has 2 N–H and O–H groups in total. The van der Waals surface area contributed by atoms with E-state index in [0.717, 1.165) is 32.6 Å². The average molecular weight is 253 g/mol. The van der Waals surface area contributed by atoms with E-state index in [-0.39, 0.29) is 5.56 Å². The molecule has 0 aliphatic carbocycles. The van der Waals surface area contributed by atoms with E-state index in [0.29, 0.717) is 11.6 Å². The predicted octanol–water partition coefficient (Wildman–Crippen LogP) is 2.36. The molecule has 0 unspecified atom stereocenters. The predicted molar refractivity (Wildman–Crippen MR) is 65.4 cm³/mol. The molecule has 1 fully saturated rings. The van der Waals surface area contributed by atoms with Crippen molar-refractivity contribution in [3.05, 3.63) is 29.6 Å². The normalized spacial score (nSPS) is 16.5. The lowest BCUT2D eigenvalue weighted by atomic mass is 10.0. The third-order valence-corrected chi connectivity index (χ3v) is 3.13. The molecule has 1 aromatic rings. The maximum absolute atomic E-state index is 13.2. The maximum atomic E-state index is 13.2. The number of anilines is 1. The Balaban J connectivity index is 1.96. The zero-order valence-corrected chi connectivity index (χ0v) is 9.99. The van der Waals surface area contributed by atoms with Crippen LogP contribution in [-0.4, -0.2) is 30.8 Å². The number of nitrogens with one attached hydrogen (secondary N) is 1. The van der Waals surface area contributed by atoms with E-state index in [2.05, 4.69) is 5.32 Å². The third kappa shape index (κ3) is 3.20. The number of rotatable bonds is 4. The second-order valence-electron chi connectivity index (χ2n) is 4.44. The Hall–Kier alpha value is -1.62. The molecular formula is C13H16FNO3. The van der Waals surface area contributed by atoms with Gasteiger partial charge in [-0.3, -0.25) is 0 Å². The quantitative estimate of drug-likeness (QED) is 0.864. The summed E-state index contributed by atoms with van der Waals surface area (Å²) in [5.74, 6) is -1.43. The van der Waals surface area contributed by atoms with E-state index in [1.165, 1.54) is 12.1 Å². The van der Waals surface area contributed by atoms with Gasteiger partial charge < -0.3 is 15.2 Å². The Morgan fingerprint density at radius 2 is 2.17 bits per heavy atom. The van der Waals surface area contributed by atoms with Crippen LogP contribution in [0, 0.1) is 11.7 Å². The van der Waals surface area contributed by atoms with E-state index in [1.807, 2.05) is 0 Å². The van der Waals surface area contributed by atoms with Gasteiger partial charge in [-0.2, -0.15) is 0 Å². The van der Waals surface area contributed by atoms with E-state index < -0.39 is 11.8 Å². The molecular weight excluding hydrogens is 237 g/mol. The molecule has 1 heterocycles. The summed E-state index contributed by atoms with van der Waals surface area (Å²) in [5.41, 5.74) is 0.340. The number of ether oxygens (including phenoxy) is 1. The molecule has 1 aliphatic rings. The van der Waals surface area contributed by atoms with Crippen molar-refractivity contribution in [3.63, 3.8) is 0 Å². The van der Waals surface area contributed by atoms with Gasteiger partial charge >= 0.3 is 5.97 Å². The third-order valence-electron chi connectivity index (χ3n) is 3.13. The highest BCUT2D eigenvalue weighted by Gasteiger charge is 2.14. The monoisotopic (exact) mass is 253 g/mol. The number of halogens is 1. The van der Waals surface area contributed by atoms with Crippen molar-refractivity contribution in [1.29, 1.82) is 0 Å². The number of carboxylic acid groups (broad SMARTS) is 1. The van der Waals surface area contributed by atoms with E-state index >= 15 is 0 Å². The van der Waals surface area contributed by atoms with Crippen molar-refractivity contribution in [3.8, 4) is 0 Å². The van der Waals surface area contributed by atoms with Gasteiger partial charge in [-0.15, -0.1) is 0 Å². The van der Waals surface area contributed by atoms with Gasteiger partial charge in [0.2, 0.25) is 0 Å². The van der Waals surface area contributed by atoms with Crippen LogP contribution in [-0.2, 0) is 4.74 Å². The van der Waals surface area contributed by atoms with Crippen LogP contribution in [0.4, 0.5) is 10.1 Å². The summed E-state index contributed by atoms with van der Waals surface area (Å²) in [6.07, 6.45) is 2.00. The number of aromatic carboxylic acids is 1. The van der Waals surface area contributed by atoms with Gasteiger partial charge in [-0.25, -0.2) is 9.18 Å². The SMILES string of the molecule is O=C(O)c1cc(NCC2CCOCC2)ccc1F. The highest BCUT2D eigenvalue weighted by molar-refractivity contribution is 5.89. The fourth-order valence-corrected chi connectivity index (χ4v) is 2.01. The lowest BCUT2D eigenvalue weighted by Crippen LogP contribution is -2.22. The van der Waals surface area contributed by atoms with Crippen LogP contribution in [0.2, 0.25) is 0 Å². The van der Waals surface area contributed by atoms with Gasteiger partial charge in [0.05, 0.1) is 5.56 Å². The molecule has 98 valence electrons. The lowest BCUT2D eigenvalue weighted by molar-refractivity contribution is 0.0691. The van der Waals surface area contributed by atoms with Gasteiger partial charge in [0.25, 0.3) is 0 Å². The molecule has 0 bridgehead atoms. The Kier molecular flexibility index (Phi) is 4.15. The Morgan fingerprint density at radius 1 is 1.44 bits per heavy atom. The number of benzene rings is 1. The van der Waals surface area contributed by atoms with Crippen molar-refractivity contribution in [2.45, 2.75) is 12.8 Å². The number of carboxylic acids is 1. The Morgan fingerprint density at radius 3 is 2.83 bits per heavy atom. The molecule has 1 saturated heterocycles. The zero-order valence-electron chi connectivity index (χ0n) is 9.99. The van der Waals surface area contributed by atoms with Gasteiger partial charge in [0.15, 0.2) is 0 Å². The first-order valence-corrected chi connectivity index (χ1v) is 6.01. The lowest BCUT2D eigenvalue weighted by Gasteiger charge is -2.22. The van der Waals surface area contributed by atoms with Crippen molar-refractivity contribution in [2.24, 2.45) is 5.92 Å². The zero-order chi connectivity index (χ0) is 13.0. The minimum Gasteiger partial charge on any atom is -0.478 e. The molecule has 0 atom stereocenters. The van der Waals surface area contributed by atoms with E-state index in [9.17, 15) is 9.18 Å². The number of carbonyl (C=O) groups is 1. The summed E-state index contributed by atoms with van der Waals surface area (Å²) < 4.78 is 18.5. The molecule has 18 heavy (non-hydrogen) atoms. The highest BCUT2D eigenvalue weighted by atomic mass is 19.1. The second-order valence-corrected chi connectivity index (χ2v) is 4.44. The summed E-state index contributed by atoms with van der Waals surface area (Å²) in [7, 11) is 0. The molecule has 1 aromatic carbocycles. The summed E-state index contributed by atoms with van der Waals surface area (Å²) in [5, 5.41) is 12.0. The fourth-order valence-electron chi connectivity index (χ4n) is 2.01. The van der Waals surface area contributed by atoms with Crippen LogP contribution in [0.25, 0.3) is 0 Å². The van der Waals surface area contributed by atoms with Crippen molar-refractivity contribution in [1.82, 2.24) is 0 Å². The molecule has 0 amide bonds. The molecule has 1 aliphatic heterocycles. The molecule has 0 aromatic heterocycles. The smallest absolute Gasteiger partial charge is 0.338 e. The van der Waals surface area contributed by atoms with Crippen LogP contribution in [0.5, 0.6) is 0 Å². The average Bonchev–Trinajstić information content (AvgIpc) is 2.38. The fraction of sp³-hybridized carbons (Fsp3) is 0.462. The van der Waals surface area contributed by atoms with Crippen molar-refractivity contribution in [2.75, 3.05) is 25.1 Å². The van der Waals surface area contributed by atoms with Crippen molar-refractivity contribution >= 4 is 11.7 Å². The summed E-state index contributed by atoms with van der Waals surface area (Å²) >= 11 is 0. The van der Waals surface area contributed by atoms with Crippen LogP contribution < -0.4 is 5.32 Å². The minimum atomic E-state index is -1.25. The van der Waals surface area contributed by atoms with Crippen molar-refractivity contribution < 1.29 is 19.0 Å². The summed E-state index contributed by atoms with van der Waals surface area (Å²) in [6.45, 7) is 2.31. The van der Waals surface area contributed by atoms with Gasteiger partial charge in [0.1, 0.15) is 5.82 Å². The Labute approximate surface area is 105 Å². The summed E-state index contributed by atoms with van der Waals surface area (Å²) in [4.78, 5) is 10.8. The number of hydrogen-bond acceptors (Lipinski definition) is 3. The van der Waals surface area contributed by atoms with Gasteiger partial charge in [-0.05, 0) is 37.0 Å². The van der Waals surface area contributed by atoms with E-state index in [1.54, 1.807) is 6.07 Å². The molecule has 4 nitrogen and oxygen atoms in total. The van der Waals surface area contributed by atoms with Crippen LogP contribution in [0.15, 0.2) is 18.2 Å². The number of hydrogen-bond donors (Lipinski definition) is 2. The molecule has 5 heteroatoms. The first-order valence-electron chi connectivity index (χ1n) is 6.01. The largest absolute Gasteiger partial charge is 0.478 e. The maximum Gasteiger partial charge on any atom is 0.338 e. The van der Waals surface area contributed by atoms with Gasteiger partial charge in [-0.1, -0.05) is 0 Å². The Bertz CT molecular complexity index is 430. The van der Waals surface area contributed by atoms with Crippen LogP contribution >= 0.6 is 0 Å². The topological polar surface area (TPSA) is 58.6 Å². The molecule has 0 spiro atoms. The van der Waals surface area contributed by atoms with E-state index in [4.69, 9.17) is 9.84 Å². The van der Waals surface area contributed by atoms with Crippen LogP contribution in [0.3, 0.4) is 0 Å². The molecule has 2 rings (SSSR count). The van der Waals surface area contributed by atoms with Crippen LogP contribution in [0.1, 0.15) is 23.2 Å². The summed E-state index contributed by atoms with van der Waals surface area (Å²) in [6, 6.07) is 4.06. The molecule has 0 saturated carbocycles.